The zero-order valence-electron chi connectivity index (χ0n) is 16.1. The number of anilines is 2. The largest absolute Gasteiger partial charge is 0.443 e. The second-order valence-electron chi connectivity index (χ2n) is 7.02. The molecule has 0 N–H and O–H groups in total. The Labute approximate surface area is 174 Å². The van der Waals surface area contributed by atoms with Crippen LogP contribution in [-0.4, -0.2) is 40.6 Å². The number of para-hydroxylation sites is 1. The van der Waals surface area contributed by atoms with Crippen LogP contribution in [0.5, 0.6) is 0 Å². The van der Waals surface area contributed by atoms with Crippen LogP contribution in [0.2, 0.25) is 5.28 Å². The number of amides is 2. The number of hydrogen-bond donors (Lipinski definition) is 0. The van der Waals surface area contributed by atoms with Gasteiger partial charge in [-0.3, -0.25) is 14.6 Å². The van der Waals surface area contributed by atoms with Gasteiger partial charge in [0.25, 0.3) is 0 Å². The molecule has 0 aliphatic rings. The van der Waals surface area contributed by atoms with Crippen molar-refractivity contribution in [2.45, 2.75) is 32.8 Å². The first-order valence-electron chi connectivity index (χ1n) is 8.58. The first-order chi connectivity index (χ1) is 13.1. The van der Waals surface area contributed by atoms with Gasteiger partial charge < -0.3 is 4.74 Å². The molecule has 0 fully saturated rings. The molecule has 0 radical (unpaired) electrons. The maximum atomic E-state index is 12.4. The molecular formula is C19H22Cl2N4O3. The molecule has 150 valence electrons. The minimum absolute atomic E-state index is 0.00231. The van der Waals surface area contributed by atoms with Crippen molar-refractivity contribution in [1.29, 1.82) is 0 Å². The number of aromatic nitrogens is 2. The summed E-state index contributed by atoms with van der Waals surface area (Å²) in [5, 5.41) is -0.606. The van der Waals surface area contributed by atoms with Gasteiger partial charge in [-0.25, -0.2) is 9.78 Å². The molecular weight excluding hydrogens is 403 g/mol. The third kappa shape index (κ3) is 6.07. The van der Waals surface area contributed by atoms with E-state index < -0.39 is 17.1 Å². The normalized spacial score (nSPS) is 11.1. The Bertz CT molecular complexity index is 841. The Morgan fingerprint density at radius 3 is 2.39 bits per heavy atom. The van der Waals surface area contributed by atoms with Gasteiger partial charge in [0.2, 0.25) is 5.28 Å². The van der Waals surface area contributed by atoms with Crippen molar-refractivity contribution in [2.24, 2.45) is 0 Å². The van der Waals surface area contributed by atoms with Crippen LogP contribution in [0.1, 0.15) is 26.3 Å². The fourth-order valence-electron chi connectivity index (χ4n) is 2.42. The standard InChI is InChI=1S/C19H22Cl2N4O3/c1-19(2,3)28-18(27)24(4)15-13(12-22-16(20)23-15)10-11-25(17(21)26)14-8-6-5-7-9-14/h5-9,12H,10-11H2,1-4H3. The zero-order valence-corrected chi connectivity index (χ0v) is 17.7. The first kappa shape index (κ1) is 21.9. The smallest absolute Gasteiger partial charge is 0.415 e. The summed E-state index contributed by atoms with van der Waals surface area (Å²) in [7, 11) is 1.54. The molecule has 9 heteroatoms. The Hall–Kier alpha value is -2.38. The van der Waals surface area contributed by atoms with Gasteiger partial charge in [0.05, 0.1) is 0 Å². The number of carbonyl (C=O) groups is 2. The average molecular weight is 425 g/mol. The number of nitrogens with zero attached hydrogens (tertiary/aromatic N) is 4. The van der Waals surface area contributed by atoms with Gasteiger partial charge in [-0.1, -0.05) is 18.2 Å². The molecule has 0 aliphatic heterocycles. The number of benzene rings is 1. The van der Waals surface area contributed by atoms with E-state index in [0.717, 1.165) is 0 Å². The van der Waals surface area contributed by atoms with E-state index in [0.29, 0.717) is 23.5 Å². The molecule has 0 unspecified atom stereocenters. The molecule has 0 spiro atoms. The quantitative estimate of drug-likeness (QED) is 0.387. The van der Waals surface area contributed by atoms with Crippen LogP contribution in [0, 0.1) is 0 Å². The summed E-state index contributed by atoms with van der Waals surface area (Å²) in [6.07, 6.45) is 1.30. The topological polar surface area (TPSA) is 75.6 Å². The first-order valence-corrected chi connectivity index (χ1v) is 9.34. The van der Waals surface area contributed by atoms with Crippen LogP contribution >= 0.6 is 23.2 Å². The van der Waals surface area contributed by atoms with E-state index in [1.165, 1.54) is 23.0 Å². The molecule has 0 atom stereocenters. The van der Waals surface area contributed by atoms with Gasteiger partial charge in [0, 0.05) is 31.0 Å². The monoisotopic (exact) mass is 424 g/mol. The van der Waals surface area contributed by atoms with E-state index in [1.807, 2.05) is 18.2 Å². The summed E-state index contributed by atoms with van der Waals surface area (Å²) in [5.74, 6) is 0.310. The van der Waals surface area contributed by atoms with E-state index in [1.54, 1.807) is 32.9 Å². The number of halogens is 2. The van der Waals surface area contributed by atoms with Crippen molar-refractivity contribution in [1.82, 2.24) is 9.97 Å². The molecule has 0 saturated heterocycles. The number of ether oxygens (including phenoxy) is 1. The highest BCUT2D eigenvalue weighted by Crippen LogP contribution is 2.23. The van der Waals surface area contributed by atoms with Crippen molar-refractivity contribution in [2.75, 3.05) is 23.4 Å². The van der Waals surface area contributed by atoms with Crippen LogP contribution < -0.4 is 9.80 Å². The van der Waals surface area contributed by atoms with Gasteiger partial charge in [-0.15, -0.1) is 0 Å². The van der Waals surface area contributed by atoms with Gasteiger partial charge in [-0.05, 0) is 62.5 Å². The Kier molecular flexibility index (Phi) is 7.21. The van der Waals surface area contributed by atoms with E-state index in [-0.39, 0.29) is 11.8 Å². The zero-order chi connectivity index (χ0) is 20.9. The molecule has 1 aromatic carbocycles. The highest BCUT2D eigenvalue weighted by Gasteiger charge is 2.24. The van der Waals surface area contributed by atoms with Crippen LogP contribution in [0.3, 0.4) is 0 Å². The number of carbonyl (C=O) groups excluding carboxylic acids is 2. The minimum Gasteiger partial charge on any atom is -0.443 e. The predicted octanol–water partition coefficient (Wildman–Crippen LogP) is 4.91. The van der Waals surface area contributed by atoms with Gasteiger partial charge in [0.1, 0.15) is 11.4 Å². The minimum atomic E-state index is -0.655. The van der Waals surface area contributed by atoms with E-state index >= 15 is 0 Å². The van der Waals surface area contributed by atoms with Crippen molar-refractivity contribution in [3.05, 3.63) is 47.4 Å². The number of hydrogen-bond acceptors (Lipinski definition) is 5. The highest BCUT2D eigenvalue weighted by molar-refractivity contribution is 6.66. The molecule has 2 rings (SSSR count). The third-order valence-electron chi connectivity index (χ3n) is 3.68. The van der Waals surface area contributed by atoms with Crippen LogP contribution in [-0.2, 0) is 11.2 Å². The van der Waals surface area contributed by atoms with Crippen molar-refractivity contribution in [3.8, 4) is 0 Å². The fraction of sp³-hybridized carbons (Fsp3) is 0.368. The molecule has 1 heterocycles. The maximum absolute atomic E-state index is 12.4. The molecule has 28 heavy (non-hydrogen) atoms. The predicted molar refractivity (Wildman–Crippen MR) is 110 cm³/mol. The Morgan fingerprint density at radius 1 is 1.18 bits per heavy atom. The summed E-state index contributed by atoms with van der Waals surface area (Å²) in [6.45, 7) is 5.59. The summed E-state index contributed by atoms with van der Waals surface area (Å²) in [5.41, 5.74) is 0.633. The van der Waals surface area contributed by atoms with Crippen molar-refractivity contribution in [3.63, 3.8) is 0 Å². The lowest BCUT2D eigenvalue weighted by Crippen LogP contribution is -2.35. The molecule has 0 aliphatic carbocycles. The Morgan fingerprint density at radius 2 is 1.82 bits per heavy atom. The molecule has 1 aromatic heterocycles. The lowest BCUT2D eigenvalue weighted by Gasteiger charge is -2.26. The summed E-state index contributed by atoms with van der Waals surface area (Å²) >= 11 is 11.7. The third-order valence-corrected chi connectivity index (χ3v) is 4.07. The fourth-order valence-corrected chi connectivity index (χ4v) is 2.73. The molecule has 0 saturated carbocycles. The Balaban J connectivity index is 2.24. The summed E-state index contributed by atoms with van der Waals surface area (Å²) in [4.78, 5) is 35.1. The van der Waals surface area contributed by atoms with Gasteiger partial charge >= 0.3 is 11.5 Å². The molecule has 7 nitrogen and oxygen atoms in total. The van der Waals surface area contributed by atoms with E-state index in [4.69, 9.17) is 27.9 Å². The van der Waals surface area contributed by atoms with Crippen LogP contribution in [0.25, 0.3) is 0 Å². The average Bonchev–Trinajstić information content (AvgIpc) is 2.61. The molecule has 2 aromatic rings. The highest BCUT2D eigenvalue weighted by atomic mass is 35.5. The molecule has 0 bridgehead atoms. The van der Waals surface area contributed by atoms with Crippen molar-refractivity contribution < 1.29 is 14.3 Å². The summed E-state index contributed by atoms with van der Waals surface area (Å²) in [6, 6.07) is 9.05. The van der Waals surface area contributed by atoms with Crippen molar-refractivity contribution >= 4 is 46.2 Å². The van der Waals surface area contributed by atoms with Crippen LogP contribution in [0.15, 0.2) is 36.5 Å². The van der Waals surface area contributed by atoms with Gasteiger partial charge in [0.15, 0.2) is 0 Å². The maximum Gasteiger partial charge on any atom is 0.415 e. The lowest BCUT2D eigenvalue weighted by molar-refractivity contribution is 0.0588. The van der Waals surface area contributed by atoms with Crippen LogP contribution in [0.4, 0.5) is 21.1 Å². The molecule has 2 amide bonds. The second-order valence-corrected chi connectivity index (χ2v) is 7.68. The lowest BCUT2D eigenvalue weighted by atomic mass is 10.2. The SMILES string of the molecule is CN(C(=O)OC(C)(C)C)c1nc(Cl)ncc1CCN(C(=O)Cl)c1ccccc1. The number of rotatable bonds is 5. The van der Waals surface area contributed by atoms with E-state index in [2.05, 4.69) is 9.97 Å². The summed E-state index contributed by atoms with van der Waals surface area (Å²) < 4.78 is 5.38. The van der Waals surface area contributed by atoms with Gasteiger partial charge in [-0.2, -0.15) is 4.98 Å². The second kappa shape index (κ2) is 9.21. The van der Waals surface area contributed by atoms with E-state index in [9.17, 15) is 9.59 Å².